The summed E-state index contributed by atoms with van der Waals surface area (Å²) in [5.74, 6) is -1.51. The van der Waals surface area contributed by atoms with Crippen LogP contribution in [0.25, 0.3) is 0 Å². The Labute approximate surface area is 107 Å². The molecule has 0 fully saturated rings. The smallest absolute Gasteiger partial charge is 0.326 e. The topological polar surface area (TPSA) is 66.4 Å². The molecule has 1 atom stereocenters. The molecule has 0 aliphatic rings. The molecule has 0 aromatic heterocycles. The third kappa shape index (κ3) is 3.32. The predicted octanol–water partition coefficient (Wildman–Crippen LogP) is 2.14. The molecule has 1 aromatic carbocycles. The van der Waals surface area contributed by atoms with E-state index in [2.05, 4.69) is 5.32 Å². The van der Waals surface area contributed by atoms with Crippen LogP contribution in [0.2, 0.25) is 0 Å². The van der Waals surface area contributed by atoms with Crippen molar-refractivity contribution in [2.75, 3.05) is 0 Å². The summed E-state index contributed by atoms with van der Waals surface area (Å²) in [5, 5.41) is 11.6. The summed E-state index contributed by atoms with van der Waals surface area (Å²) < 4.78 is 0. The van der Waals surface area contributed by atoms with Gasteiger partial charge in [-0.25, -0.2) is 4.79 Å². The first kappa shape index (κ1) is 14.2. The highest BCUT2D eigenvalue weighted by atomic mass is 16.4. The number of carbonyl (C=O) groups is 2. The van der Waals surface area contributed by atoms with Crippen molar-refractivity contribution in [2.45, 2.75) is 33.7 Å². The number of nitrogens with one attached hydrogen (secondary N) is 1. The minimum Gasteiger partial charge on any atom is -0.480 e. The first-order valence-electron chi connectivity index (χ1n) is 5.94. The molecule has 0 bridgehead atoms. The van der Waals surface area contributed by atoms with Crippen LogP contribution in [0.5, 0.6) is 0 Å². The largest absolute Gasteiger partial charge is 0.480 e. The van der Waals surface area contributed by atoms with E-state index < -0.39 is 12.0 Å². The Morgan fingerprint density at radius 1 is 1.22 bits per heavy atom. The molecule has 0 radical (unpaired) electrons. The minimum absolute atomic E-state index is 0.155. The fourth-order valence-corrected chi connectivity index (χ4v) is 1.80. The third-order valence-corrected chi connectivity index (χ3v) is 2.85. The predicted molar refractivity (Wildman–Crippen MR) is 69.6 cm³/mol. The molecule has 2 N–H and O–H groups in total. The summed E-state index contributed by atoms with van der Waals surface area (Å²) in [6.45, 7) is 7.32. The van der Waals surface area contributed by atoms with Crippen LogP contribution in [-0.2, 0) is 4.79 Å². The maximum absolute atomic E-state index is 12.0. The van der Waals surface area contributed by atoms with Gasteiger partial charge in [0.2, 0.25) is 0 Å². The number of benzene rings is 1. The zero-order valence-electron chi connectivity index (χ0n) is 11.2. The lowest BCUT2D eigenvalue weighted by Gasteiger charge is -2.18. The van der Waals surface area contributed by atoms with Gasteiger partial charge in [0.15, 0.2) is 0 Å². The summed E-state index contributed by atoms with van der Waals surface area (Å²) in [6.07, 6.45) is 0. The molecule has 1 aromatic rings. The van der Waals surface area contributed by atoms with Crippen LogP contribution >= 0.6 is 0 Å². The molecule has 0 saturated carbocycles. The van der Waals surface area contributed by atoms with Gasteiger partial charge in [0, 0.05) is 5.56 Å². The molecule has 0 aliphatic carbocycles. The molecular weight excluding hydrogens is 230 g/mol. The van der Waals surface area contributed by atoms with Crippen molar-refractivity contribution >= 4 is 11.9 Å². The lowest BCUT2D eigenvalue weighted by atomic mass is 10.0. The number of carboxylic acids is 1. The lowest BCUT2D eigenvalue weighted by Crippen LogP contribution is -2.44. The molecule has 4 nitrogen and oxygen atoms in total. The third-order valence-electron chi connectivity index (χ3n) is 2.85. The Hall–Kier alpha value is -1.84. The summed E-state index contributed by atoms with van der Waals surface area (Å²) in [6, 6.07) is 4.60. The van der Waals surface area contributed by atoms with Crippen LogP contribution in [0.1, 0.15) is 35.3 Å². The SMILES string of the molecule is Cc1ccc(C(=O)N[C@H](C(=O)O)C(C)C)c(C)c1. The number of carbonyl (C=O) groups excluding carboxylic acids is 1. The Morgan fingerprint density at radius 2 is 1.83 bits per heavy atom. The zero-order valence-corrected chi connectivity index (χ0v) is 11.2. The molecular formula is C14H19NO3. The molecule has 0 heterocycles. The van der Waals surface area contributed by atoms with E-state index in [1.54, 1.807) is 19.9 Å². The van der Waals surface area contributed by atoms with E-state index in [9.17, 15) is 9.59 Å². The fraction of sp³-hybridized carbons (Fsp3) is 0.429. The maximum Gasteiger partial charge on any atom is 0.326 e. The first-order chi connectivity index (χ1) is 8.32. The number of aryl methyl sites for hydroxylation is 2. The molecule has 1 amide bonds. The van der Waals surface area contributed by atoms with Gasteiger partial charge < -0.3 is 10.4 Å². The van der Waals surface area contributed by atoms with Gasteiger partial charge in [-0.05, 0) is 31.4 Å². The van der Waals surface area contributed by atoms with E-state index >= 15 is 0 Å². The van der Waals surface area contributed by atoms with Crippen LogP contribution in [-0.4, -0.2) is 23.0 Å². The van der Waals surface area contributed by atoms with E-state index in [1.807, 2.05) is 26.0 Å². The Kier molecular flexibility index (Phi) is 4.48. The highest BCUT2D eigenvalue weighted by Crippen LogP contribution is 2.11. The van der Waals surface area contributed by atoms with E-state index in [-0.39, 0.29) is 11.8 Å². The van der Waals surface area contributed by atoms with Gasteiger partial charge in [0.1, 0.15) is 6.04 Å². The van der Waals surface area contributed by atoms with Crippen molar-refractivity contribution in [3.63, 3.8) is 0 Å². The van der Waals surface area contributed by atoms with Gasteiger partial charge in [-0.3, -0.25) is 4.79 Å². The minimum atomic E-state index is -1.01. The monoisotopic (exact) mass is 249 g/mol. The van der Waals surface area contributed by atoms with Gasteiger partial charge in [-0.2, -0.15) is 0 Å². The maximum atomic E-state index is 12.0. The Morgan fingerprint density at radius 3 is 2.28 bits per heavy atom. The Bertz CT molecular complexity index is 466. The molecule has 0 saturated heterocycles. The molecule has 18 heavy (non-hydrogen) atoms. The number of aliphatic carboxylic acids is 1. The van der Waals surface area contributed by atoms with Crippen molar-refractivity contribution < 1.29 is 14.7 Å². The van der Waals surface area contributed by atoms with Crippen molar-refractivity contribution in [1.82, 2.24) is 5.32 Å². The molecule has 98 valence electrons. The Balaban J connectivity index is 2.91. The van der Waals surface area contributed by atoms with Crippen LogP contribution in [0.3, 0.4) is 0 Å². The molecule has 0 unspecified atom stereocenters. The zero-order chi connectivity index (χ0) is 13.9. The highest BCUT2D eigenvalue weighted by Gasteiger charge is 2.24. The van der Waals surface area contributed by atoms with Crippen molar-refractivity contribution in [2.24, 2.45) is 5.92 Å². The summed E-state index contributed by atoms with van der Waals surface area (Å²) >= 11 is 0. The molecule has 4 heteroatoms. The summed E-state index contributed by atoms with van der Waals surface area (Å²) in [5.41, 5.74) is 2.44. The van der Waals surface area contributed by atoms with Crippen molar-refractivity contribution in [1.29, 1.82) is 0 Å². The highest BCUT2D eigenvalue weighted by molar-refractivity contribution is 5.97. The second-order valence-corrected chi connectivity index (χ2v) is 4.85. The quantitative estimate of drug-likeness (QED) is 0.859. The second-order valence-electron chi connectivity index (χ2n) is 4.85. The molecule has 0 spiro atoms. The van der Waals surface area contributed by atoms with E-state index in [4.69, 9.17) is 5.11 Å². The van der Waals surface area contributed by atoms with Gasteiger partial charge in [0.05, 0.1) is 0 Å². The number of rotatable bonds is 4. The number of hydrogen-bond donors (Lipinski definition) is 2. The number of hydrogen-bond acceptors (Lipinski definition) is 2. The number of amides is 1. The fourth-order valence-electron chi connectivity index (χ4n) is 1.80. The average Bonchev–Trinajstić information content (AvgIpc) is 2.24. The van der Waals surface area contributed by atoms with Gasteiger partial charge in [-0.1, -0.05) is 31.5 Å². The van der Waals surface area contributed by atoms with Gasteiger partial charge in [-0.15, -0.1) is 0 Å². The van der Waals surface area contributed by atoms with Crippen LogP contribution in [0.15, 0.2) is 18.2 Å². The summed E-state index contributed by atoms with van der Waals surface area (Å²) in [7, 11) is 0. The van der Waals surface area contributed by atoms with Crippen LogP contribution < -0.4 is 5.32 Å². The summed E-state index contributed by atoms with van der Waals surface area (Å²) in [4.78, 5) is 23.1. The van der Waals surface area contributed by atoms with Crippen LogP contribution in [0, 0.1) is 19.8 Å². The van der Waals surface area contributed by atoms with Crippen LogP contribution in [0.4, 0.5) is 0 Å². The van der Waals surface area contributed by atoms with Crippen molar-refractivity contribution in [3.05, 3.63) is 34.9 Å². The van der Waals surface area contributed by atoms with Gasteiger partial charge >= 0.3 is 5.97 Å². The normalized spacial score (nSPS) is 12.3. The van der Waals surface area contributed by atoms with Crippen molar-refractivity contribution in [3.8, 4) is 0 Å². The molecule has 0 aliphatic heterocycles. The first-order valence-corrected chi connectivity index (χ1v) is 5.94. The molecule has 1 rings (SSSR count). The second kappa shape index (κ2) is 5.67. The standard InChI is InChI=1S/C14H19NO3/c1-8(2)12(14(17)18)15-13(16)11-6-5-9(3)7-10(11)4/h5-8,12H,1-4H3,(H,15,16)(H,17,18)/t12-/m0/s1. The van der Waals surface area contributed by atoms with Gasteiger partial charge in [0.25, 0.3) is 5.91 Å². The van der Waals surface area contributed by atoms with E-state index in [0.29, 0.717) is 5.56 Å². The number of carboxylic acid groups (broad SMARTS) is 1. The van der Waals surface area contributed by atoms with E-state index in [0.717, 1.165) is 11.1 Å². The van der Waals surface area contributed by atoms with E-state index in [1.165, 1.54) is 0 Å². The lowest BCUT2D eigenvalue weighted by molar-refractivity contribution is -0.140. The average molecular weight is 249 g/mol.